The average molecular weight is 517 g/mol. The van der Waals surface area contributed by atoms with Crippen molar-refractivity contribution in [2.75, 3.05) is 31.2 Å². The normalized spacial score (nSPS) is 17.1. The van der Waals surface area contributed by atoms with Gasteiger partial charge in [0.2, 0.25) is 11.6 Å². The van der Waals surface area contributed by atoms with E-state index in [0.717, 1.165) is 45.8 Å². The molecule has 0 aliphatic carbocycles. The number of benzene rings is 1. The van der Waals surface area contributed by atoms with Gasteiger partial charge in [0.1, 0.15) is 10.6 Å². The molecule has 1 aromatic carbocycles. The molecule has 4 aromatic rings. The number of aromatic nitrogens is 1. The fraction of sp³-hybridized carbons (Fsp3) is 0.345. The Morgan fingerprint density at radius 2 is 1.84 bits per heavy atom. The molecule has 6 rings (SSSR count). The van der Waals surface area contributed by atoms with Gasteiger partial charge in [-0.2, -0.15) is 0 Å². The topological polar surface area (TPSA) is 81.9 Å². The van der Waals surface area contributed by atoms with E-state index < -0.39 is 0 Å². The van der Waals surface area contributed by atoms with E-state index >= 15 is 0 Å². The largest absolute Gasteiger partial charge is 0.461 e. The summed E-state index contributed by atoms with van der Waals surface area (Å²) in [6, 6.07) is 12.6. The predicted octanol–water partition coefficient (Wildman–Crippen LogP) is 5.23. The SMILES string of the molecule is CC1(C)Cc2c(c(N3CCOCC3)nc3sc(C(=O)c4ccccc4)c(CC(=O)c4ccco4)c23)CO1. The molecule has 0 bridgehead atoms. The van der Waals surface area contributed by atoms with Crippen LogP contribution in [-0.4, -0.2) is 48.5 Å². The molecular weight excluding hydrogens is 488 g/mol. The van der Waals surface area contributed by atoms with Crippen LogP contribution in [0.2, 0.25) is 0 Å². The summed E-state index contributed by atoms with van der Waals surface area (Å²) in [6.45, 7) is 7.37. The van der Waals surface area contributed by atoms with Gasteiger partial charge in [-0.3, -0.25) is 9.59 Å². The van der Waals surface area contributed by atoms with Crippen LogP contribution in [-0.2, 0) is 28.9 Å². The van der Waals surface area contributed by atoms with Gasteiger partial charge in [0, 0.05) is 42.4 Å². The second-order valence-corrected chi connectivity index (χ2v) is 11.1. The van der Waals surface area contributed by atoms with Crippen LogP contribution in [0, 0.1) is 0 Å². The lowest BCUT2D eigenvalue weighted by molar-refractivity contribution is -0.0396. The molecule has 5 heterocycles. The van der Waals surface area contributed by atoms with Gasteiger partial charge in [-0.05, 0) is 37.1 Å². The zero-order valence-electron chi connectivity index (χ0n) is 20.9. The molecule has 37 heavy (non-hydrogen) atoms. The summed E-state index contributed by atoms with van der Waals surface area (Å²) in [5, 5.41) is 0.910. The van der Waals surface area contributed by atoms with Crippen molar-refractivity contribution in [3.05, 3.63) is 81.6 Å². The van der Waals surface area contributed by atoms with Crippen molar-refractivity contribution >= 4 is 38.9 Å². The number of thiophene rings is 1. The number of rotatable bonds is 6. The molecule has 7 nitrogen and oxygen atoms in total. The minimum absolute atomic E-state index is 0.0632. The minimum atomic E-state index is -0.378. The van der Waals surface area contributed by atoms with E-state index in [9.17, 15) is 9.59 Å². The van der Waals surface area contributed by atoms with Crippen molar-refractivity contribution < 1.29 is 23.5 Å². The first-order valence-electron chi connectivity index (χ1n) is 12.5. The van der Waals surface area contributed by atoms with Gasteiger partial charge in [0.25, 0.3) is 0 Å². The molecule has 190 valence electrons. The number of hydrogen-bond acceptors (Lipinski definition) is 8. The number of pyridine rings is 1. The zero-order chi connectivity index (χ0) is 25.6. The maximum Gasteiger partial charge on any atom is 0.203 e. The first kappa shape index (κ1) is 24.0. The Labute approximate surface area is 219 Å². The van der Waals surface area contributed by atoms with E-state index in [1.807, 2.05) is 30.3 Å². The highest BCUT2D eigenvalue weighted by molar-refractivity contribution is 7.20. The first-order chi connectivity index (χ1) is 17.9. The summed E-state index contributed by atoms with van der Waals surface area (Å²) in [5.74, 6) is 0.918. The number of Topliss-reactive ketones (excluding diaryl/α,β-unsaturated/α-hetero) is 1. The Balaban J connectivity index is 1.58. The number of nitrogens with zero attached hydrogens (tertiary/aromatic N) is 2. The number of carbonyl (C=O) groups is 2. The summed E-state index contributed by atoms with van der Waals surface area (Å²) in [7, 11) is 0. The van der Waals surface area contributed by atoms with Crippen molar-refractivity contribution in [3.63, 3.8) is 0 Å². The van der Waals surface area contributed by atoms with Crippen molar-refractivity contribution in [2.24, 2.45) is 0 Å². The van der Waals surface area contributed by atoms with Crippen molar-refractivity contribution in [1.29, 1.82) is 0 Å². The van der Waals surface area contributed by atoms with Crippen LogP contribution in [0.4, 0.5) is 5.82 Å². The summed E-state index contributed by atoms with van der Waals surface area (Å²) < 4.78 is 17.2. The smallest absolute Gasteiger partial charge is 0.203 e. The molecule has 8 heteroatoms. The van der Waals surface area contributed by atoms with Crippen LogP contribution in [0.5, 0.6) is 0 Å². The van der Waals surface area contributed by atoms with Crippen molar-refractivity contribution in [1.82, 2.24) is 4.98 Å². The lowest BCUT2D eigenvalue weighted by Gasteiger charge is -2.36. The Morgan fingerprint density at radius 3 is 2.57 bits per heavy atom. The number of furan rings is 1. The Bertz CT molecular complexity index is 1470. The quantitative estimate of drug-likeness (QED) is 0.325. The number of ether oxygens (including phenoxy) is 2. The molecule has 1 fully saturated rings. The molecule has 2 aliphatic heterocycles. The molecular formula is C29H28N2O5S. The predicted molar refractivity (Wildman–Crippen MR) is 142 cm³/mol. The first-order valence-corrected chi connectivity index (χ1v) is 13.3. The molecule has 0 amide bonds. The molecule has 2 aliphatic rings. The van der Waals surface area contributed by atoms with Gasteiger partial charge in [-0.1, -0.05) is 30.3 Å². The molecule has 0 spiro atoms. The number of hydrogen-bond donors (Lipinski definition) is 0. The molecule has 3 aromatic heterocycles. The van der Waals surface area contributed by atoms with Crippen LogP contribution >= 0.6 is 11.3 Å². The molecule has 0 radical (unpaired) electrons. The van der Waals surface area contributed by atoms with Crippen molar-refractivity contribution in [2.45, 2.75) is 38.9 Å². The van der Waals surface area contributed by atoms with Crippen LogP contribution in [0.25, 0.3) is 10.2 Å². The third kappa shape index (κ3) is 4.50. The number of carbonyl (C=O) groups excluding carboxylic acids is 2. The second-order valence-electron chi connectivity index (χ2n) is 10.1. The standard InChI is InChI=1S/C29H28N2O5S/c1-29(2)16-20-21(17-36-29)27(31-10-13-34-14-11-31)30-28-24(20)19(15-22(32)23-9-6-12-35-23)26(37-28)25(33)18-7-4-3-5-8-18/h3-9,12H,10-11,13-17H2,1-2H3. The fourth-order valence-corrected chi connectivity index (χ4v) is 6.36. The van der Waals surface area contributed by atoms with Crippen LogP contribution in [0.15, 0.2) is 53.1 Å². The summed E-state index contributed by atoms with van der Waals surface area (Å²) in [5.41, 5.74) is 3.10. The number of anilines is 1. The van der Waals surface area contributed by atoms with E-state index in [2.05, 4.69) is 18.7 Å². The highest BCUT2D eigenvalue weighted by Gasteiger charge is 2.35. The monoisotopic (exact) mass is 516 g/mol. The molecule has 0 unspecified atom stereocenters. The fourth-order valence-electron chi connectivity index (χ4n) is 5.18. The molecule has 0 atom stereocenters. The number of morpholine rings is 1. The lowest BCUT2D eigenvalue weighted by atomic mass is 9.87. The van der Waals surface area contributed by atoms with E-state index in [4.69, 9.17) is 18.9 Å². The van der Waals surface area contributed by atoms with E-state index in [0.29, 0.717) is 36.7 Å². The van der Waals surface area contributed by atoms with Crippen molar-refractivity contribution in [3.8, 4) is 0 Å². The van der Waals surface area contributed by atoms with E-state index in [1.54, 1.807) is 12.1 Å². The van der Waals surface area contributed by atoms with Crippen LogP contribution in [0.3, 0.4) is 0 Å². The molecule has 0 saturated carbocycles. The van der Waals surface area contributed by atoms with Crippen LogP contribution in [0.1, 0.15) is 56.3 Å². The maximum atomic E-state index is 13.8. The van der Waals surface area contributed by atoms with Gasteiger partial charge in [0.15, 0.2) is 5.76 Å². The molecule has 0 N–H and O–H groups in total. The summed E-state index contributed by atoms with van der Waals surface area (Å²) in [4.78, 5) is 35.7. The van der Waals surface area contributed by atoms with Gasteiger partial charge in [0.05, 0.1) is 36.6 Å². The van der Waals surface area contributed by atoms with Gasteiger partial charge in [-0.15, -0.1) is 11.3 Å². The average Bonchev–Trinajstić information content (AvgIpc) is 3.57. The van der Waals surface area contributed by atoms with Gasteiger partial charge < -0.3 is 18.8 Å². The number of fused-ring (bicyclic) bond motifs is 3. The lowest BCUT2D eigenvalue weighted by Crippen LogP contribution is -2.39. The maximum absolute atomic E-state index is 13.8. The summed E-state index contributed by atoms with van der Waals surface area (Å²) >= 11 is 1.37. The van der Waals surface area contributed by atoms with Gasteiger partial charge in [-0.25, -0.2) is 4.98 Å². The highest BCUT2D eigenvalue weighted by Crippen LogP contribution is 2.43. The Hall–Kier alpha value is -3.33. The highest BCUT2D eigenvalue weighted by atomic mass is 32.1. The summed E-state index contributed by atoms with van der Waals surface area (Å²) in [6.07, 6.45) is 2.22. The number of ketones is 2. The third-order valence-electron chi connectivity index (χ3n) is 7.03. The Morgan fingerprint density at radius 1 is 1.05 bits per heavy atom. The van der Waals surface area contributed by atoms with E-state index in [1.165, 1.54) is 17.6 Å². The third-order valence-corrected chi connectivity index (χ3v) is 8.15. The Kier molecular flexibility index (Phi) is 6.18. The zero-order valence-corrected chi connectivity index (χ0v) is 21.7. The second kappa shape index (κ2) is 9.52. The van der Waals surface area contributed by atoms with Gasteiger partial charge >= 0.3 is 0 Å². The van der Waals surface area contributed by atoms with Crippen LogP contribution < -0.4 is 4.90 Å². The molecule has 1 saturated heterocycles. The van der Waals surface area contributed by atoms with E-state index in [-0.39, 0.29) is 29.3 Å². The minimum Gasteiger partial charge on any atom is -0.461 e.